The van der Waals surface area contributed by atoms with Gasteiger partial charge in [0, 0.05) is 24.8 Å². The second-order valence-electron chi connectivity index (χ2n) is 4.91. The Balaban J connectivity index is 2.22. The Morgan fingerprint density at radius 3 is 2.76 bits per heavy atom. The van der Waals surface area contributed by atoms with Crippen LogP contribution in [-0.2, 0) is 0 Å². The van der Waals surface area contributed by atoms with Crippen molar-refractivity contribution in [1.29, 1.82) is 0 Å². The molecule has 0 unspecified atom stereocenters. The maximum Gasteiger partial charge on any atom is 0.409 e. The number of H-pyrrole nitrogens is 1. The van der Waals surface area contributed by atoms with Gasteiger partial charge in [-0.05, 0) is 31.8 Å². The number of likely N-dealkylation sites (N-methyl/N-ethyl adjacent to an activating group) is 1. The molecule has 0 saturated carbocycles. The molecule has 1 amide bonds. The molecule has 4 N–H and O–H groups in total. The van der Waals surface area contributed by atoms with Crippen molar-refractivity contribution in [3.63, 3.8) is 0 Å². The lowest BCUT2D eigenvalue weighted by Gasteiger charge is -2.15. The van der Waals surface area contributed by atoms with Crippen LogP contribution >= 0.6 is 0 Å². The molecule has 7 heteroatoms. The largest absolute Gasteiger partial charge is 0.465 e. The van der Waals surface area contributed by atoms with Gasteiger partial charge in [0.25, 0.3) is 0 Å². The number of benzene rings is 1. The van der Waals surface area contributed by atoms with Gasteiger partial charge < -0.3 is 15.3 Å². The van der Waals surface area contributed by atoms with Gasteiger partial charge in [0.05, 0.1) is 17.6 Å². The monoisotopic (exact) mass is 289 g/mol. The van der Waals surface area contributed by atoms with Crippen LogP contribution in [0.1, 0.15) is 0 Å². The maximum absolute atomic E-state index is 10.9. The van der Waals surface area contributed by atoms with Gasteiger partial charge >= 0.3 is 6.09 Å². The SMILES string of the molecule is CN(C)CCNc1cc(-c2cn[nH]c2)ccc1NC(=O)O. The van der Waals surface area contributed by atoms with E-state index in [-0.39, 0.29) is 0 Å². The molecule has 1 aromatic heterocycles. The van der Waals surface area contributed by atoms with Crippen LogP contribution in [0, 0.1) is 0 Å². The number of rotatable bonds is 6. The number of nitrogens with zero attached hydrogens (tertiary/aromatic N) is 2. The zero-order valence-electron chi connectivity index (χ0n) is 12.1. The predicted octanol–water partition coefficient (Wildman–Crippen LogP) is 2.14. The van der Waals surface area contributed by atoms with Crippen LogP contribution in [0.2, 0.25) is 0 Å². The van der Waals surface area contributed by atoms with Crippen LogP contribution in [0.4, 0.5) is 16.2 Å². The highest BCUT2D eigenvalue weighted by atomic mass is 16.4. The van der Waals surface area contributed by atoms with E-state index in [0.717, 1.165) is 29.9 Å². The molecular weight excluding hydrogens is 270 g/mol. The Morgan fingerprint density at radius 2 is 2.14 bits per heavy atom. The van der Waals surface area contributed by atoms with Gasteiger partial charge in [-0.15, -0.1) is 0 Å². The van der Waals surface area contributed by atoms with Crippen molar-refractivity contribution >= 4 is 17.5 Å². The highest BCUT2D eigenvalue weighted by Crippen LogP contribution is 2.28. The summed E-state index contributed by atoms with van der Waals surface area (Å²) in [5, 5.41) is 21.2. The molecule has 0 aliphatic carbocycles. The molecule has 2 aromatic rings. The Kier molecular flexibility index (Phi) is 4.78. The van der Waals surface area contributed by atoms with E-state index >= 15 is 0 Å². The molecule has 7 nitrogen and oxygen atoms in total. The number of anilines is 2. The smallest absolute Gasteiger partial charge is 0.409 e. The van der Waals surface area contributed by atoms with Crippen LogP contribution in [0.5, 0.6) is 0 Å². The fourth-order valence-electron chi connectivity index (χ4n) is 1.92. The van der Waals surface area contributed by atoms with Crippen molar-refractivity contribution in [1.82, 2.24) is 15.1 Å². The number of carboxylic acid groups (broad SMARTS) is 1. The summed E-state index contributed by atoms with van der Waals surface area (Å²) in [6.07, 6.45) is 2.44. The molecule has 0 saturated heterocycles. The summed E-state index contributed by atoms with van der Waals surface area (Å²) in [5.74, 6) is 0. The second-order valence-corrected chi connectivity index (χ2v) is 4.91. The van der Waals surface area contributed by atoms with Crippen molar-refractivity contribution in [3.05, 3.63) is 30.6 Å². The Labute approximate surface area is 123 Å². The fourth-order valence-corrected chi connectivity index (χ4v) is 1.92. The number of carbonyl (C=O) groups is 1. The first kappa shape index (κ1) is 14.9. The molecule has 1 heterocycles. The summed E-state index contributed by atoms with van der Waals surface area (Å²) in [7, 11) is 3.97. The molecule has 2 rings (SSSR count). The number of hydrogen-bond acceptors (Lipinski definition) is 4. The van der Waals surface area contributed by atoms with E-state index < -0.39 is 6.09 Å². The van der Waals surface area contributed by atoms with Gasteiger partial charge in [0.1, 0.15) is 0 Å². The van der Waals surface area contributed by atoms with Crippen LogP contribution in [0.3, 0.4) is 0 Å². The highest BCUT2D eigenvalue weighted by molar-refractivity contribution is 5.89. The number of amides is 1. The summed E-state index contributed by atoms with van der Waals surface area (Å²) in [4.78, 5) is 12.9. The van der Waals surface area contributed by atoms with Crippen LogP contribution in [-0.4, -0.2) is 53.5 Å². The van der Waals surface area contributed by atoms with E-state index in [1.807, 2.05) is 26.2 Å². The van der Waals surface area contributed by atoms with Crippen LogP contribution < -0.4 is 10.6 Å². The second kappa shape index (κ2) is 6.76. The van der Waals surface area contributed by atoms with Crippen molar-refractivity contribution in [3.8, 4) is 11.1 Å². The Morgan fingerprint density at radius 1 is 1.33 bits per heavy atom. The van der Waals surface area contributed by atoms with Crippen molar-refractivity contribution < 1.29 is 9.90 Å². The molecule has 0 aliphatic rings. The lowest BCUT2D eigenvalue weighted by Crippen LogP contribution is -2.21. The number of aromatic nitrogens is 2. The predicted molar refractivity (Wildman–Crippen MR) is 82.7 cm³/mol. The third-order valence-electron chi connectivity index (χ3n) is 2.97. The van der Waals surface area contributed by atoms with Gasteiger partial charge in [-0.25, -0.2) is 4.79 Å². The van der Waals surface area contributed by atoms with E-state index in [1.165, 1.54) is 0 Å². The fraction of sp³-hybridized carbons (Fsp3) is 0.286. The minimum atomic E-state index is -1.08. The third-order valence-corrected chi connectivity index (χ3v) is 2.97. The standard InChI is InChI=1S/C14H19N5O2/c1-19(2)6-5-15-13-7-10(11-8-16-17-9-11)3-4-12(13)18-14(20)21/h3-4,7-9,15,18H,5-6H2,1-2H3,(H,16,17)(H,20,21). The van der Waals surface area contributed by atoms with E-state index in [0.29, 0.717) is 5.69 Å². The van der Waals surface area contributed by atoms with E-state index in [2.05, 4.69) is 25.7 Å². The van der Waals surface area contributed by atoms with Gasteiger partial charge in [-0.1, -0.05) is 6.07 Å². The quantitative estimate of drug-likeness (QED) is 0.654. The summed E-state index contributed by atoms with van der Waals surface area (Å²) < 4.78 is 0. The lowest BCUT2D eigenvalue weighted by atomic mass is 10.1. The average Bonchev–Trinajstić information content (AvgIpc) is 2.93. The minimum absolute atomic E-state index is 0.536. The summed E-state index contributed by atoms with van der Waals surface area (Å²) in [5.41, 5.74) is 3.20. The van der Waals surface area contributed by atoms with Crippen LogP contribution in [0.15, 0.2) is 30.6 Å². The summed E-state index contributed by atoms with van der Waals surface area (Å²) in [6, 6.07) is 5.51. The number of aromatic amines is 1. The molecule has 21 heavy (non-hydrogen) atoms. The van der Waals surface area contributed by atoms with Crippen molar-refractivity contribution in [2.45, 2.75) is 0 Å². The van der Waals surface area contributed by atoms with E-state index in [1.54, 1.807) is 18.5 Å². The zero-order valence-corrected chi connectivity index (χ0v) is 12.1. The molecule has 0 spiro atoms. The number of hydrogen-bond donors (Lipinski definition) is 4. The molecule has 0 fully saturated rings. The lowest BCUT2D eigenvalue weighted by molar-refractivity contribution is 0.210. The highest BCUT2D eigenvalue weighted by Gasteiger charge is 2.08. The Bertz CT molecular complexity index is 595. The molecule has 0 bridgehead atoms. The molecule has 0 radical (unpaired) electrons. The average molecular weight is 289 g/mol. The zero-order chi connectivity index (χ0) is 15.2. The summed E-state index contributed by atoms with van der Waals surface area (Å²) >= 11 is 0. The number of nitrogens with one attached hydrogen (secondary N) is 3. The first-order valence-corrected chi connectivity index (χ1v) is 6.58. The molecule has 0 aliphatic heterocycles. The first-order chi connectivity index (χ1) is 10.1. The van der Waals surface area contributed by atoms with Gasteiger partial charge in [-0.2, -0.15) is 5.10 Å². The van der Waals surface area contributed by atoms with E-state index in [9.17, 15) is 4.79 Å². The minimum Gasteiger partial charge on any atom is -0.465 e. The topological polar surface area (TPSA) is 93.3 Å². The maximum atomic E-state index is 10.9. The first-order valence-electron chi connectivity index (χ1n) is 6.58. The van der Waals surface area contributed by atoms with Crippen molar-refractivity contribution in [2.24, 2.45) is 0 Å². The molecule has 0 atom stereocenters. The Hall–Kier alpha value is -2.54. The normalized spacial score (nSPS) is 10.6. The van der Waals surface area contributed by atoms with Crippen molar-refractivity contribution in [2.75, 3.05) is 37.8 Å². The molecule has 1 aromatic carbocycles. The van der Waals surface area contributed by atoms with Crippen LogP contribution in [0.25, 0.3) is 11.1 Å². The molecular formula is C14H19N5O2. The third kappa shape index (κ3) is 4.22. The molecule has 112 valence electrons. The van der Waals surface area contributed by atoms with Gasteiger partial charge in [0.15, 0.2) is 0 Å². The summed E-state index contributed by atoms with van der Waals surface area (Å²) in [6.45, 7) is 1.57. The van der Waals surface area contributed by atoms with E-state index in [4.69, 9.17) is 5.11 Å². The van der Waals surface area contributed by atoms with Gasteiger partial charge in [0.2, 0.25) is 0 Å². The van der Waals surface area contributed by atoms with Gasteiger partial charge in [-0.3, -0.25) is 10.4 Å².